The summed E-state index contributed by atoms with van der Waals surface area (Å²) in [5, 5.41) is 10.5. The van der Waals surface area contributed by atoms with E-state index < -0.39 is 11.6 Å². The maximum absolute atomic E-state index is 12.3. The predicted molar refractivity (Wildman–Crippen MR) is 79.3 cm³/mol. The molecule has 3 rings (SSSR count). The molecule has 2 aliphatic rings. The summed E-state index contributed by atoms with van der Waals surface area (Å²) < 4.78 is 0. The molecular weight excluding hydrogens is 266 g/mol. The van der Waals surface area contributed by atoms with Crippen LogP contribution in [0.5, 0.6) is 0 Å². The van der Waals surface area contributed by atoms with E-state index in [1.54, 1.807) is 11.0 Å². The summed E-state index contributed by atoms with van der Waals surface area (Å²) in [4.78, 5) is 25.5. The van der Waals surface area contributed by atoms with E-state index in [9.17, 15) is 14.7 Å². The molecule has 4 nitrogen and oxygen atoms in total. The van der Waals surface area contributed by atoms with Crippen molar-refractivity contribution in [1.82, 2.24) is 4.90 Å². The van der Waals surface area contributed by atoms with Crippen LogP contribution in [-0.4, -0.2) is 39.9 Å². The van der Waals surface area contributed by atoms with Crippen molar-refractivity contribution in [2.45, 2.75) is 24.5 Å². The minimum Gasteiger partial charge on any atom is -0.384 e. The zero-order valence-electron chi connectivity index (χ0n) is 11.6. The Balaban J connectivity index is 1.76. The lowest BCUT2D eigenvalue weighted by molar-refractivity contribution is -0.130. The third-order valence-corrected chi connectivity index (χ3v) is 4.16. The van der Waals surface area contributed by atoms with Gasteiger partial charge in [-0.05, 0) is 30.2 Å². The second-order valence-electron chi connectivity index (χ2n) is 5.54. The molecule has 0 aromatic heterocycles. The molecule has 2 atom stereocenters. The fourth-order valence-corrected chi connectivity index (χ4v) is 2.96. The van der Waals surface area contributed by atoms with Gasteiger partial charge in [0.05, 0.1) is 6.04 Å². The van der Waals surface area contributed by atoms with Crippen LogP contribution >= 0.6 is 0 Å². The monoisotopic (exact) mass is 283 g/mol. The molecule has 0 radical (unpaired) electrons. The first kappa shape index (κ1) is 13.8. The van der Waals surface area contributed by atoms with Crippen LogP contribution in [0, 0.1) is 0 Å². The third-order valence-electron chi connectivity index (χ3n) is 4.16. The van der Waals surface area contributed by atoms with Crippen molar-refractivity contribution in [2.24, 2.45) is 0 Å². The molecule has 1 fully saturated rings. The van der Waals surface area contributed by atoms with Crippen LogP contribution in [0.2, 0.25) is 0 Å². The van der Waals surface area contributed by atoms with Crippen molar-refractivity contribution in [2.75, 3.05) is 6.54 Å². The van der Waals surface area contributed by atoms with Gasteiger partial charge in [0.1, 0.15) is 5.60 Å². The number of aliphatic hydroxyl groups is 1. The molecule has 1 aromatic rings. The van der Waals surface area contributed by atoms with Gasteiger partial charge in [-0.25, -0.2) is 0 Å². The Bertz CT molecular complexity index is 620. The lowest BCUT2D eigenvalue weighted by atomic mass is 9.86. The number of amides is 1. The maximum atomic E-state index is 12.3. The fourth-order valence-electron chi connectivity index (χ4n) is 2.96. The number of allylic oxidation sites excluding steroid dienone is 1. The molecule has 0 saturated carbocycles. The number of likely N-dealkylation sites (tertiary alicyclic amines) is 1. The van der Waals surface area contributed by atoms with Gasteiger partial charge in [-0.15, -0.1) is 0 Å². The zero-order valence-corrected chi connectivity index (χ0v) is 11.6. The molecule has 1 heterocycles. The highest BCUT2D eigenvalue weighted by atomic mass is 16.3. The van der Waals surface area contributed by atoms with Crippen LogP contribution in [0.25, 0.3) is 6.08 Å². The van der Waals surface area contributed by atoms with E-state index in [0.717, 1.165) is 5.56 Å². The Hall–Kier alpha value is -2.20. The Morgan fingerprint density at radius 2 is 2.10 bits per heavy atom. The quantitative estimate of drug-likeness (QED) is 0.838. The predicted octanol–water partition coefficient (Wildman–Crippen LogP) is 1.56. The number of hydrogen-bond donors (Lipinski definition) is 1. The number of hydrogen-bond acceptors (Lipinski definition) is 3. The molecule has 1 N–H and O–H groups in total. The average Bonchev–Trinajstić information content (AvgIpc) is 2.83. The number of nitrogens with zero attached hydrogens (tertiary/aromatic N) is 1. The van der Waals surface area contributed by atoms with Gasteiger partial charge in [-0.3, -0.25) is 9.59 Å². The van der Waals surface area contributed by atoms with Gasteiger partial charge in [0.15, 0.2) is 5.78 Å². The summed E-state index contributed by atoms with van der Waals surface area (Å²) in [6, 6.07) is 9.11. The van der Waals surface area contributed by atoms with Crippen molar-refractivity contribution >= 4 is 17.8 Å². The standard InChI is InChI=1S/C17H17NO3/c19-14-8-9-17(21)10-11-18(15(17)12-14)16(20)7-6-13-4-2-1-3-5-13/h1-9,15,21H,10-12H2. The summed E-state index contributed by atoms with van der Waals surface area (Å²) >= 11 is 0. The van der Waals surface area contributed by atoms with Crippen molar-refractivity contribution in [3.05, 3.63) is 54.1 Å². The van der Waals surface area contributed by atoms with Gasteiger partial charge < -0.3 is 10.0 Å². The van der Waals surface area contributed by atoms with Crippen molar-refractivity contribution in [3.63, 3.8) is 0 Å². The van der Waals surface area contributed by atoms with E-state index in [1.807, 2.05) is 30.3 Å². The highest BCUT2D eigenvalue weighted by Crippen LogP contribution is 2.35. The van der Waals surface area contributed by atoms with E-state index in [2.05, 4.69) is 0 Å². The third kappa shape index (κ3) is 2.67. The molecule has 108 valence electrons. The molecule has 0 spiro atoms. The van der Waals surface area contributed by atoms with E-state index in [4.69, 9.17) is 0 Å². The molecule has 1 amide bonds. The smallest absolute Gasteiger partial charge is 0.246 e. The van der Waals surface area contributed by atoms with Crippen LogP contribution < -0.4 is 0 Å². The molecular formula is C17H17NO3. The van der Waals surface area contributed by atoms with E-state index >= 15 is 0 Å². The number of rotatable bonds is 2. The Labute approximate surface area is 123 Å². The second kappa shape index (κ2) is 5.30. The summed E-state index contributed by atoms with van der Waals surface area (Å²) in [7, 11) is 0. The molecule has 21 heavy (non-hydrogen) atoms. The lowest BCUT2D eigenvalue weighted by Crippen LogP contribution is -2.48. The largest absolute Gasteiger partial charge is 0.384 e. The van der Waals surface area contributed by atoms with Crippen molar-refractivity contribution in [1.29, 1.82) is 0 Å². The second-order valence-corrected chi connectivity index (χ2v) is 5.54. The van der Waals surface area contributed by atoms with Crippen LogP contribution in [-0.2, 0) is 9.59 Å². The molecule has 1 aromatic carbocycles. The molecule has 1 aliphatic carbocycles. The number of benzene rings is 1. The maximum Gasteiger partial charge on any atom is 0.246 e. The molecule has 0 bridgehead atoms. The van der Waals surface area contributed by atoms with Gasteiger partial charge in [0.2, 0.25) is 5.91 Å². The Morgan fingerprint density at radius 3 is 2.86 bits per heavy atom. The molecule has 1 aliphatic heterocycles. The number of carbonyl (C=O) groups is 2. The first-order valence-corrected chi connectivity index (χ1v) is 7.07. The van der Waals surface area contributed by atoms with Gasteiger partial charge in [-0.2, -0.15) is 0 Å². The number of carbonyl (C=O) groups excluding carboxylic acids is 2. The van der Waals surface area contributed by atoms with Gasteiger partial charge in [0.25, 0.3) is 0 Å². The first-order chi connectivity index (χ1) is 10.1. The minimum absolute atomic E-state index is 0.0450. The summed E-state index contributed by atoms with van der Waals surface area (Å²) in [6.45, 7) is 0.469. The van der Waals surface area contributed by atoms with E-state index in [-0.39, 0.29) is 18.1 Å². The van der Waals surface area contributed by atoms with Crippen LogP contribution in [0.4, 0.5) is 0 Å². The Kier molecular flexibility index (Phi) is 3.47. The molecule has 2 unspecified atom stereocenters. The highest BCUT2D eigenvalue weighted by Gasteiger charge is 2.48. The average molecular weight is 283 g/mol. The molecule has 1 saturated heterocycles. The summed E-state index contributed by atoms with van der Waals surface area (Å²) in [6.07, 6.45) is 6.89. The van der Waals surface area contributed by atoms with Crippen molar-refractivity contribution in [3.8, 4) is 0 Å². The number of ketones is 1. The minimum atomic E-state index is -1.05. The first-order valence-electron chi connectivity index (χ1n) is 7.07. The zero-order chi connectivity index (χ0) is 14.9. The van der Waals surface area contributed by atoms with E-state index in [0.29, 0.717) is 13.0 Å². The number of fused-ring (bicyclic) bond motifs is 1. The summed E-state index contributed by atoms with van der Waals surface area (Å²) in [5.74, 6) is -0.209. The Morgan fingerprint density at radius 1 is 1.33 bits per heavy atom. The lowest BCUT2D eigenvalue weighted by Gasteiger charge is -2.33. The normalized spacial score (nSPS) is 28.1. The van der Waals surface area contributed by atoms with Crippen LogP contribution in [0.1, 0.15) is 18.4 Å². The molecule has 4 heteroatoms. The van der Waals surface area contributed by atoms with E-state index in [1.165, 1.54) is 18.2 Å². The highest BCUT2D eigenvalue weighted by molar-refractivity contribution is 5.95. The topological polar surface area (TPSA) is 57.6 Å². The van der Waals surface area contributed by atoms with Crippen LogP contribution in [0.3, 0.4) is 0 Å². The van der Waals surface area contributed by atoms with Gasteiger partial charge in [-0.1, -0.05) is 30.3 Å². The summed E-state index contributed by atoms with van der Waals surface area (Å²) in [5.41, 5.74) is -0.107. The van der Waals surface area contributed by atoms with Crippen LogP contribution in [0.15, 0.2) is 48.6 Å². The van der Waals surface area contributed by atoms with Gasteiger partial charge in [0, 0.05) is 19.0 Å². The van der Waals surface area contributed by atoms with Gasteiger partial charge >= 0.3 is 0 Å². The fraction of sp³-hybridized carbons (Fsp3) is 0.294. The SMILES string of the molecule is O=C1C=CC2(O)CCN(C(=O)C=Cc3ccccc3)C2C1. The van der Waals surface area contributed by atoms with Crippen molar-refractivity contribution < 1.29 is 14.7 Å².